The number of unbranched alkanes of at least 4 members (excludes halogenated alkanes) is 1. The lowest BCUT2D eigenvalue weighted by atomic mass is 9.95. The number of carbonyl (C=O) groups is 8. The Balaban J connectivity index is 1.83. The van der Waals surface area contributed by atoms with E-state index in [1.165, 1.54) is 6.92 Å². The highest BCUT2D eigenvalue weighted by molar-refractivity contribution is 5.96. The van der Waals surface area contributed by atoms with Crippen molar-refractivity contribution in [3.05, 3.63) is 102 Å². The second kappa shape index (κ2) is 30.6. The number of ketones is 1. The maximum absolute atomic E-state index is 14.4. The van der Waals surface area contributed by atoms with E-state index in [-0.39, 0.29) is 63.7 Å². The van der Waals surface area contributed by atoms with E-state index >= 15 is 0 Å². The molecule has 0 radical (unpaired) electrons. The molecule has 0 saturated heterocycles. The lowest BCUT2D eigenvalue weighted by Crippen LogP contribution is -2.59. The summed E-state index contributed by atoms with van der Waals surface area (Å²) in [6.45, 7) is 13.6. The van der Waals surface area contributed by atoms with Gasteiger partial charge in [0.1, 0.15) is 55.3 Å². The molecule has 3 rings (SSSR count). The van der Waals surface area contributed by atoms with E-state index in [9.17, 15) is 38.4 Å². The van der Waals surface area contributed by atoms with Gasteiger partial charge in [-0.15, -0.1) is 0 Å². The van der Waals surface area contributed by atoms with Gasteiger partial charge in [-0.3, -0.25) is 28.8 Å². The fraction of sp³-hybridized carbons (Fsp3) is 0.509. The van der Waals surface area contributed by atoms with Gasteiger partial charge in [-0.1, -0.05) is 119 Å². The van der Waals surface area contributed by atoms with Crippen molar-refractivity contribution in [3.8, 4) is 5.75 Å². The molecule has 6 amide bonds. The van der Waals surface area contributed by atoms with Crippen LogP contribution in [0.1, 0.15) is 111 Å². The average Bonchev–Trinajstić information content (AvgIpc) is 3.35. The van der Waals surface area contributed by atoms with E-state index in [0.717, 1.165) is 11.1 Å². The molecule has 71 heavy (non-hydrogen) atoms. The average molecular weight is 987 g/mol. The molecule has 0 aliphatic rings. The van der Waals surface area contributed by atoms with Gasteiger partial charge in [0.2, 0.25) is 23.6 Å². The maximum atomic E-state index is 14.4. The molecule has 0 bridgehead atoms. The zero-order valence-corrected chi connectivity index (χ0v) is 42.4. The molecule has 18 nitrogen and oxygen atoms in total. The van der Waals surface area contributed by atoms with E-state index in [1.807, 2.05) is 63.2 Å². The van der Waals surface area contributed by atoms with Crippen molar-refractivity contribution in [3.63, 3.8) is 0 Å². The first-order valence-electron chi connectivity index (χ1n) is 24.4. The second-order valence-corrected chi connectivity index (χ2v) is 18.5. The lowest BCUT2D eigenvalue weighted by Gasteiger charge is -2.29. The summed E-state index contributed by atoms with van der Waals surface area (Å²) in [6, 6.07) is 20.9. The summed E-state index contributed by atoms with van der Waals surface area (Å²) in [4.78, 5) is 108. The number of alkyl carbamates (subject to hydrolysis) is 2. The molecule has 3 aromatic carbocycles. The Morgan fingerprint density at radius 1 is 0.549 bits per heavy atom. The van der Waals surface area contributed by atoms with Gasteiger partial charge >= 0.3 is 18.2 Å². The molecule has 6 N–H and O–H groups in total. The third-order valence-corrected chi connectivity index (χ3v) is 11.4. The van der Waals surface area contributed by atoms with Crippen LogP contribution in [0.5, 0.6) is 5.75 Å². The van der Waals surface area contributed by atoms with Crippen molar-refractivity contribution in [2.75, 3.05) is 13.2 Å². The molecule has 18 heteroatoms. The van der Waals surface area contributed by atoms with Crippen molar-refractivity contribution >= 4 is 47.6 Å². The number of rotatable bonds is 29. The predicted molar refractivity (Wildman–Crippen MR) is 266 cm³/mol. The number of ether oxygens (including phenoxy) is 4. The SMILES string of the molecule is CC[C@@H](C)[C@@H](NC(=O)[C@@H](C)NC(=O)[C@@H](CCC(=O)OCc1ccccc1)NC(=O)[C@@H](CCCCNC(=O)OCc1ccccc1)NC(=O)[C@H](NC(=O)OC(C)(C)C)[C@H](C)CC)C(=O)COc1ccccc1. The molecular weight excluding hydrogens is 913 g/mol. The summed E-state index contributed by atoms with van der Waals surface area (Å²) >= 11 is 0. The number of Topliss-reactive ketones (excluding diaryl/α,β-unsaturated/α-hetero) is 1. The van der Waals surface area contributed by atoms with Crippen LogP contribution in [0.25, 0.3) is 0 Å². The monoisotopic (exact) mass is 987 g/mol. The molecule has 0 aliphatic carbocycles. The summed E-state index contributed by atoms with van der Waals surface area (Å²) in [5.74, 6) is -4.26. The van der Waals surface area contributed by atoms with Crippen LogP contribution in [0, 0.1) is 11.8 Å². The van der Waals surface area contributed by atoms with Crippen LogP contribution in [0.2, 0.25) is 0 Å². The highest BCUT2D eigenvalue weighted by Crippen LogP contribution is 2.15. The molecule has 7 atom stereocenters. The maximum Gasteiger partial charge on any atom is 0.408 e. The normalized spacial score (nSPS) is 14.0. The van der Waals surface area contributed by atoms with Crippen molar-refractivity contribution in [2.45, 2.75) is 149 Å². The molecule has 0 fully saturated rings. The zero-order chi connectivity index (χ0) is 52.3. The number of benzene rings is 3. The van der Waals surface area contributed by atoms with Crippen LogP contribution in [0.15, 0.2) is 91.0 Å². The third kappa shape index (κ3) is 22.5. The van der Waals surface area contributed by atoms with E-state index in [1.54, 1.807) is 76.2 Å². The van der Waals surface area contributed by atoms with Crippen molar-refractivity contribution in [1.29, 1.82) is 0 Å². The van der Waals surface area contributed by atoms with E-state index in [4.69, 9.17) is 18.9 Å². The first-order valence-corrected chi connectivity index (χ1v) is 24.4. The number of hydrogen-bond acceptors (Lipinski definition) is 12. The number of amides is 6. The number of para-hydroxylation sites is 1. The quantitative estimate of drug-likeness (QED) is 0.0259. The first kappa shape index (κ1) is 58.3. The number of nitrogens with one attached hydrogen (secondary N) is 6. The Hall–Kier alpha value is -6.98. The Morgan fingerprint density at radius 2 is 1.07 bits per heavy atom. The van der Waals surface area contributed by atoms with E-state index < -0.39 is 83.5 Å². The minimum absolute atomic E-state index is 0.0171. The molecule has 0 unspecified atom stereocenters. The fourth-order valence-electron chi connectivity index (χ4n) is 6.91. The zero-order valence-electron chi connectivity index (χ0n) is 42.4. The molecule has 3 aromatic rings. The van der Waals surface area contributed by atoms with Gasteiger partial charge in [-0.2, -0.15) is 0 Å². The summed E-state index contributed by atoms with van der Waals surface area (Å²) in [7, 11) is 0. The molecule has 0 aliphatic heterocycles. The van der Waals surface area contributed by atoms with Crippen LogP contribution < -0.4 is 36.6 Å². The number of esters is 1. The van der Waals surface area contributed by atoms with E-state index in [2.05, 4.69) is 31.9 Å². The molecule has 388 valence electrons. The summed E-state index contributed by atoms with van der Waals surface area (Å²) < 4.78 is 21.8. The second-order valence-electron chi connectivity index (χ2n) is 18.5. The minimum Gasteiger partial charge on any atom is -0.486 e. The standard InChI is InChI=1S/C53H74N6O12/c1-9-35(3)45(43(60)34-68-40-26-18-13-19-27-40)58-47(62)37(5)55-48(63)42(29-30-44(61)69-32-38-22-14-11-15-23-38)56-49(64)41(28-20-21-31-54-51(66)70-33-39-24-16-12-17-25-39)57-50(65)46(36(4)10-2)59-52(67)71-53(6,7)8/h11-19,22-27,35-37,41-42,45-46H,9-10,20-21,28-34H2,1-8H3,(H,54,66)(H,55,63)(H,56,64)(H,57,65)(H,58,62)(H,59,67)/t35-,36-,37-,41-,42-,45-,46-/m1/s1. The van der Waals surface area contributed by atoms with Gasteiger partial charge in [0, 0.05) is 13.0 Å². The van der Waals surface area contributed by atoms with Gasteiger partial charge in [-0.25, -0.2) is 9.59 Å². The summed E-state index contributed by atoms with van der Waals surface area (Å²) in [5, 5.41) is 16.1. The van der Waals surface area contributed by atoms with Crippen molar-refractivity contribution in [1.82, 2.24) is 31.9 Å². The Bertz CT molecular complexity index is 2150. The van der Waals surface area contributed by atoms with Crippen LogP contribution in [0.4, 0.5) is 9.59 Å². The molecular formula is C53H74N6O12. The molecule has 0 saturated carbocycles. The Kier molecular flexibility index (Phi) is 25.1. The number of carbonyl (C=O) groups excluding carboxylic acids is 8. The summed E-state index contributed by atoms with van der Waals surface area (Å²) in [5.41, 5.74) is 0.682. The fourth-order valence-corrected chi connectivity index (χ4v) is 6.91. The first-order chi connectivity index (χ1) is 33.8. The minimum atomic E-state index is -1.43. The van der Waals surface area contributed by atoms with Crippen LogP contribution >= 0.6 is 0 Å². The van der Waals surface area contributed by atoms with Gasteiger partial charge in [0.25, 0.3) is 0 Å². The van der Waals surface area contributed by atoms with Crippen LogP contribution in [-0.2, 0) is 56.2 Å². The Morgan fingerprint density at radius 3 is 1.65 bits per heavy atom. The van der Waals surface area contributed by atoms with Crippen molar-refractivity contribution in [2.24, 2.45) is 11.8 Å². The Labute approximate surface area is 417 Å². The smallest absolute Gasteiger partial charge is 0.408 e. The van der Waals surface area contributed by atoms with Crippen LogP contribution in [0.3, 0.4) is 0 Å². The number of hydrogen-bond donors (Lipinski definition) is 6. The van der Waals surface area contributed by atoms with Gasteiger partial charge in [-0.05, 0) is 88.5 Å². The van der Waals surface area contributed by atoms with Gasteiger partial charge in [0.15, 0.2) is 5.78 Å². The lowest BCUT2D eigenvalue weighted by molar-refractivity contribution is -0.145. The van der Waals surface area contributed by atoms with E-state index in [0.29, 0.717) is 25.0 Å². The third-order valence-electron chi connectivity index (χ3n) is 11.4. The highest BCUT2D eigenvalue weighted by atomic mass is 16.6. The van der Waals surface area contributed by atoms with Gasteiger partial charge < -0.3 is 50.8 Å². The van der Waals surface area contributed by atoms with Gasteiger partial charge in [0.05, 0.1) is 6.04 Å². The largest absolute Gasteiger partial charge is 0.486 e. The van der Waals surface area contributed by atoms with Crippen molar-refractivity contribution < 1.29 is 57.3 Å². The predicted octanol–water partition coefficient (Wildman–Crippen LogP) is 6.20. The molecule has 0 spiro atoms. The summed E-state index contributed by atoms with van der Waals surface area (Å²) in [6.07, 6.45) is -0.390. The molecule has 0 heterocycles. The van der Waals surface area contributed by atoms with Crippen LogP contribution in [-0.4, -0.2) is 96.5 Å². The topological polar surface area (TPSA) is 246 Å². The molecule has 0 aromatic heterocycles. The highest BCUT2D eigenvalue weighted by Gasteiger charge is 2.34.